The van der Waals surface area contributed by atoms with Crippen molar-refractivity contribution in [3.05, 3.63) is 42.5 Å². The van der Waals surface area contributed by atoms with Crippen LogP contribution >= 0.6 is 0 Å². The van der Waals surface area contributed by atoms with E-state index in [0.29, 0.717) is 12.6 Å². The lowest BCUT2D eigenvalue weighted by atomic mass is 9.89. The zero-order chi connectivity index (χ0) is 12.1. The third-order valence-electron chi connectivity index (χ3n) is 3.00. The molecule has 0 aliphatic heterocycles. The van der Waals surface area contributed by atoms with Gasteiger partial charge in [0.25, 0.3) is 0 Å². The Morgan fingerprint density at radius 2 is 2.06 bits per heavy atom. The summed E-state index contributed by atoms with van der Waals surface area (Å²) in [4.78, 5) is 0. The van der Waals surface area contributed by atoms with E-state index in [1.165, 1.54) is 5.56 Å². The summed E-state index contributed by atoms with van der Waals surface area (Å²) in [7, 11) is 0. The van der Waals surface area contributed by atoms with Gasteiger partial charge in [0, 0.05) is 12.6 Å². The molecular formula is C14H19NO2. The van der Waals surface area contributed by atoms with Gasteiger partial charge in [0.1, 0.15) is 12.4 Å². The Labute approximate surface area is 102 Å². The maximum atomic E-state index is 9.17. The monoisotopic (exact) mass is 233 g/mol. The second kappa shape index (κ2) is 5.84. The van der Waals surface area contributed by atoms with Crippen LogP contribution in [0.15, 0.2) is 36.9 Å². The molecule has 1 fully saturated rings. The molecule has 92 valence electrons. The molecule has 2 N–H and O–H groups in total. The van der Waals surface area contributed by atoms with Crippen LogP contribution < -0.4 is 10.1 Å². The summed E-state index contributed by atoms with van der Waals surface area (Å²) in [5.74, 6) is 0.868. The molecule has 1 aliphatic rings. The van der Waals surface area contributed by atoms with Crippen LogP contribution in [-0.4, -0.2) is 23.9 Å². The maximum absolute atomic E-state index is 9.17. The van der Waals surface area contributed by atoms with E-state index in [-0.39, 0.29) is 6.10 Å². The zero-order valence-corrected chi connectivity index (χ0v) is 9.93. The second-order valence-corrected chi connectivity index (χ2v) is 4.45. The molecule has 17 heavy (non-hydrogen) atoms. The minimum absolute atomic E-state index is 0.0952. The lowest BCUT2D eigenvalue weighted by Gasteiger charge is -2.32. The lowest BCUT2D eigenvalue weighted by molar-refractivity contribution is 0.0619. The van der Waals surface area contributed by atoms with Crippen LogP contribution in [0.1, 0.15) is 18.4 Å². The van der Waals surface area contributed by atoms with Gasteiger partial charge in [0.05, 0.1) is 6.10 Å². The first-order chi connectivity index (χ1) is 8.28. The Bertz CT molecular complexity index is 355. The van der Waals surface area contributed by atoms with E-state index in [1.54, 1.807) is 6.08 Å². The molecule has 0 bridgehead atoms. The van der Waals surface area contributed by atoms with E-state index >= 15 is 0 Å². The zero-order valence-electron chi connectivity index (χ0n) is 9.93. The fourth-order valence-electron chi connectivity index (χ4n) is 1.88. The molecule has 0 heterocycles. The Balaban J connectivity index is 1.75. The quantitative estimate of drug-likeness (QED) is 0.737. The fourth-order valence-corrected chi connectivity index (χ4v) is 1.88. The predicted octanol–water partition coefficient (Wildman–Crippen LogP) is 1.86. The van der Waals surface area contributed by atoms with Crippen LogP contribution in [-0.2, 0) is 6.54 Å². The highest BCUT2D eigenvalue weighted by Crippen LogP contribution is 2.20. The number of nitrogens with one attached hydrogen (secondary N) is 1. The van der Waals surface area contributed by atoms with Gasteiger partial charge in [-0.05, 0) is 30.5 Å². The van der Waals surface area contributed by atoms with Crippen molar-refractivity contribution in [2.75, 3.05) is 6.61 Å². The van der Waals surface area contributed by atoms with Crippen LogP contribution in [0.4, 0.5) is 0 Å². The van der Waals surface area contributed by atoms with Gasteiger partial charge in [0.15, 0.2) is 0 Å². The molecule has 0 aromatic heterocycles. The lowest BCUT2D eigenvalue weighted by Crippen LogP contribution is -2.43. The molecule has 0 spiro atoms. The normalized spacial score (nSPS) is 22.9. The van der Waals surface area contributed by atoms with Crippen molar-refractivity contribution < 1.29 is 9.84 Å². The average molecular weight is 233 g/mol. The van der Waals surface area contributed by atoms with Crippen LogP contribution in [0.2, 0.25) is 0 Å². The van der Waals surface area contributed by atoms with Gasteiger partial charge in [-0.15, -0.1) is 0 Å². The van der Waals surface area contributed by atoms with Crippen molar-refractivity contribution in [3.63, 3.8) is 0 Å². The summed E-state index contributed by atoms with van der Waals surface area (Å²) in [5.41, 5.74) is 1.23. The average Bonchev–Trinajstić information content (AvgIpc) is 2.32. The number of hydrogen-bond donors (Lipinski definition) is 2. The second-order valence-electron chi connectivity index (χ2n) is 4.45. The van der Waals surface area contributed by atoms with Crippen molar-refractivity contribution >= 4 is 0 Å². The van der Waals surface area contributed by atoms with Gasteiger partial charge >= 0.3 is 0 Å². The van der Waals surface area contributed by atoms with Crippen molar-refractivity contribution in [3.8, 4) is 5.75 Å². The molecule has 1 aromatic rings. The first kappa shape index (κ1) is 12.1. The number of rotatable bonds is 6. The molecular weight excluding hydrogens is 214 g/mol. The first-order valence-corrected chi connectivity index (χ1v) is 6.02. The number of hydrogen-bond acceptors (Lipinski definition) is 3. The number of ether oxygens (including phenoxy) is 1. The number of aliphatic hydroxyl groups excluding tert-OH is 1. The van der Waals surface area contributed by atoms with Crippen LogP contribution in [0, 0.1) is 0 Å². The molecule has 1 aromatic carbocycles. The summed E-state index contributed by atoms with van der Waals surface area (Å²) < 4.78 is 5.41. The Morgan fingerprint density at radius 3 is 2.65 bits per heavy atom. The molecule has 2 rings (SSSR count). The molecule has 1 saturated carbocycles. The molecule has 0 radical (unpaired) electrons. The van der Waals surface area contributed by atoms with Crippen LogP contribution in [0.3, 0.4) is 0 Å². The van der Waals surface area contributed by atoms with Gasteiger partial charge in [-0.2, -0.15) is 0 Å². The molecule has 0 atom stereocenters. The van der Waals surface area contributed by atoms with E-state index in [9.17, 15) is 0 Å². The van der Waals surface area contributed by atoms with E-state index in [2.05, 4.69) is 24.0 Å². The number of aliphatic hydroxyl groups is 1. The summed E-state index contributed by atoms with van der Waals surface area (Å²) in [5, 5.41) is 12.6. The summed E-state index contributed by atoms with van der Waals surface area (Å²) in [6.45, 7) is 4.99. The van der Waals surface area contributed by atoms with E-state index in [0.717, 1.165) is 25.1 Å². The standard InChI is InChI=1S/C14H19NO2/c1-2-7-17-14-5-3-11(4-6-14)10-15-12-8-13(16)9-12/h2-6,12-13,15-16H,1,7-10H2. The van der Waals surface area contributed by atoms with E-state index < -0.39 is 0 Å². The molecule has 3 nitrogen and oxygen atoms in total. The largest absolute Gasteiger partial charge is 0.490 e. The number of benzene rings is 1. The first-order valence-electron chi connectivity index (χ1n) is 6.02. The molecule has 0 saturated heterocycles. The third-order valence-corrected chi connectivity index (χ3v) is 3.00. The fraction of sp³-hybridized carbons (Fsp3) is 0.429. The summed E-state index contributed by atoms with van der Waals surface area (Å²) in [6, 6.07) is 8.52. The highest BCUT2D eigenvalue weighted by atomic mass is 16.5. The van der Waals surface area contributed by atoms with Crippen LogP contribution in [0.5, 0.6) is 5.75 Å². The Kier molecular flexibility index (Phi) is 4.18. The van der Waals surface area contributed by atoms with E-state index in [1.807, 2.05) is 12.1 Å². The van der Waals surface area contributed by atoms with Crippen LogP contribution in [0.25, 0.3) is 0 Å². The van der Waals surface area contributed by atoms with Crippen molar-refractivity contribution in [1.82, 2.24) is 5.32 Å². The Morgan fingerprint density at radius 1 is 1.35 bits per heavy atom. The maximum Gasteiger partial charge on any atom is 0.119 e. The van der Waals surface area contributed by atoms with Crippen molar-refractivity contribution in [2.24, 2.45) is 0 Å². The summed E-state index contributed by atoms with van der Waals surface area (Å²) in [6.07, 6.45) is 3.39. The van der Waals surface area contributed by atoms with Crippen molar-refractivity contribution in [1.29, 1.82) is 0 Å². The third kappa shape index (κ3) is 3.58. The highest BCUT2D eigenvalue weighted by molar-refractivity contribution is 5.27. The Hall–Kier alpha value is -1.32. The highest BCUT2D eigenvalue weighted by Gasteiger charge is 2.26. The van der Waals surface area contributed by atoms with Gasteiger partial charge in [-0.3, -0.25) is 0 Å². The molecule has 0 unspecified atom stereocenters. The van der Waals surface area contributed by atoms with Crippen molar-refractivity contribution in [2.45, 2.75) is 31.5 Å². The summed E-state index contributed by atoms with van der Waals surface area (Å²) >= 11 is 0. The predicted molar refractivity (Wildman–Crippen MR) is 68.0 cm³/mol. The smallest absolute Gasteiger partial charge is 0.119 e. The van der Waals surface area contributed by atoms with E-state index in [4.69, 9.17) is 9.84 Å². The van der Waals surface area contributed by atoms with Gasteiger partial charge in [0.2, 0.25) is 0 Å². The topological polar surface area (TPSA) is 41.5 Å². The minimum atomic E-state index is -0.0952. The molecule has 3 heteroatoms. The van der Waals surface area contributed by atoms with Gasteiger partial charge in [-0.1, -0.05) is 24.8 Å². The SMILES string of the molecule is C=CCOc1ccc(CNC2CC(O)C2)cc1. The molecule has 1 aliphatic carbocycles. The van der Waals surface area contributed by atoms with Gasteiger partial charge in [-0.25, -0.2) is 0 Å². The van der Waals surface area contributed by atoms with Gasteiger partial charge < -0.3 is 15.2 Å². The minimum Gasteiger partial charge on any atom is -0.490 e. The molecule has 0 amide bonds.